The first-order chi connectivity index (χ1) is 13.9. The van der Waals surface area contributed by atoms with Crippen LogP contribution in [-0.2, 0) is 19.6 Å². The van der Waals surface area contributed by atoms with Gasteiger partial charge in [-0.05, 0) is 36.1 Å². The van der Waals surface area contributed by atoms with Crippen LogP contribution in [0.1, 0.15) is 22.3 Å². The van der Waals surface area contributed by atoms with Crippen molar-refractivity contribution < 1.29 is 22.7 Å². The van der Waals surface area contributed by atoms with Crippen molar-refractivity contribution in [3.8, 4) is 0 Å². The molecule has 10 heteroatoms. The third kappa shape index (κ3) is 5.41. The number of hydrogen-bond acceptors (Lipinski definition) is 6. The van der Waals surface area contributed by atoms with Crippen LogP contribution in [0.5, 0.6) is 0 Å². The number of sulfonamides is 1. The highest BCUT2D eigenvalue weighted by atomic mass is 32.2. The summed E-state index contributed by atoms with van der Waals surface area (Å²) in [6, 6.07) is 6.39. The number of benzene rings is 1. The smallest absolute Gasteiger partial charge is 0.252 e. The number of aryl methyl sites for hydroxylation is 1. The number of nitrogens with zero attached hydrogens (tertiary/aromatic N) is 1. The van der Waals surface area contributed by atoms with Gasteiger partial charge in [0.15, 0.2) is 0 Å². The highest BCUT2D eigenvalue weighted by Gasteiger charge is 2.26. The summed E-state index contributed by atoms with van der Waals surface area (Å²) < 4.78 is 32.2. The molecule has 1 aliphatic rings. The number of amides is 2. The van der Waals surface area contributed by atoms with Gasteiger partial charge in [-0.3, -0.25) is 9.59 Å². The summed E-state index contributed by atoms with van der Waals surface area (Å²) in [5, 5.41) is 8.97. The van der Waals surface area contributed by atoms with Gasteiger partial charge in [-0.1, -0.05) is 6.07 Å². The molecule has 8 nitrogen and oxygen atoms in total. The SMILES string of the molecule is Cc1ccc(S(=O)(=O)N2CCOCC2)cc1NC(=O)CCNC(=O)c1ccsc1. The van der Waals surface area contributed by atoms with Gasteiger partial charge in [0.05, 0.1) is 18.1 Å². The lowest BCUT2D eigenvalue weighted by molar-refractivity contribution is -0.116. The van der Waals surface area contributed by atoms with Crippen molar-refractivity contribution in [3.63, 3.8) is 0 Å². The highest BCUT2D eigenvalue weighted by Crippen LogP contribution is 2.23. The van der Waals surface area contributed by atoms with Gasteiger partial charge in [0, 0.05) is 42.7 Å². The van der Waals surface area contributed by atoms with Crippen molar-refractivity contribution >= 4 is 38.9 Å². The molecule has 1 aromatic heterocycles. The molecule has 3 rings (SSSR count). The van der Waals surface area contributed by atoms with Gasteiger partial charge >= 0.3 is 0 Å². The van der Waals surface area contributed by atoms with Crippen LogP contribution in [0.15, 0.2) is 39.9 Å². The van der Waals surface area contributed by atoms with E-state index in [2.05, 4.69) is 10.6 Å². The Morgan fingerprint density at radius 1 is 1.21 bits per heavy atom. The monoisotopic (exact) mass is 437 g/mol. The Balaban J connectivity index is 1.60. The van der Waals surface area contributed by atoms with E-state index >= 15 is 0 Å². The molecule has 2 amide bonds. The summed E-state index contributed by atoms with van der Waals surface area (Å²) in [6.07, 6.45) is 0.0791. The normalized spacial score (nSPS) is 15.1. The maximum absolute atomic E-state index is 12.8. The van der Waals surface area contributed by atoms with E-state index < -0.39 is 10.0 Å². The molecule has 0 aliphatic carbocycles. The molecule has 0 bridgehead atoms. The number of nitrogens with one attached hydrogen (secondary N) is 2. The number of carbonyl (C=O) groups is 2. The molecule has 1 saturated heterocycles. The third-order valence-electron chi connectivity index (χ3n) is 4.51. The number of morpholine rings is 1. The van der Waals surface area contributed by atoms with E-state index in [0.717, 1.165) is 5.56 Å². The summed E-state index contributed by atoms with van der Waals surface area (Å²) >= 11 is 1.42. The number of thiophene rings is 1. The van der Waals surface area contributed by atoms with Crippen molar-refractivity contribution in [2.75, 3.05) is 38.2 Å². The van der Waals surface area contributed by atoms with Crippen molar-refractivity contribution in [1.82, 2.24) is 9.62 Å². The van der Waals surface area contributed by atoms with Gasteiger partial charge in [-0.25, -0.2) is 8.42 Å². The first kappa shape index (κ1) is 21.4. The quantitative estimate of drug-likeness (QED) is 0.688. The predicted octanol–water partition coefficient (Wildman–Crippen LogP) is 1.84. The predicted molar refractivity (Wildman–Crippen MR) is 111 cm³/mol. The Kier molecular flexibility index (Phi) is 7.01. The van der Waals surface area contributed by atoms with Gasteiger partial charge in [-0.15, -0.1) is 0 Å². The second kappa shape index (κ2) is 9.49. The summed E-state index contributed by atoms with van der Waals surface area (Å²) in [5.74, 6) is -0.534. The van der Waals surface area contributed by atoms with Gasteiger partial charge in [0.25, 0.3) is 5.91 Å². The molecule has 156 valence electrons. The van der Waals surface area contributed by atoms with E-state index in [-0.39, 0.29) is 29.7 Å². The fraction of sp³-hybridized carbons (Fsp3) is 0.368. The lowest BCUT2D eigenvalue weighted by atomic mass is 10.2. The molecule has 1 fully saturated rings. The largest absolute Gasteiger partial charge is 0.379 e. The van der Waals surface area contributed by atoms with Gasteiger partial charge < -0.3 is 15.4 Å². The molecule has 1 aliphatic heterocycles. The Morgan fingerprint density at radius 3 is 2.66 bits per heavy atom. The van der Waals surface area contributed by atoms with Crippen LogP contribution < -0.4 is 10.6 Å². The number of ether oxygens (including phenoxy) is 1. The zero-order valence-corrected chi connectivity index (χ0v) is 17.6. The minimum atomic E-state index is -3.64. The first-order valence-corrected chi connectivity index (χ1v) is 11.5. The minimum Gasteiger partial charge on any atom is -0.379 e. The van der Waals surface area contributed by atoms with Crippen LogP contribution >= 0.6 is 11.3 Å². The van der Waals surface area contributed by atoms with E-state index in [1.54, 1.807) is 24.4 Å². The highest BCUT2D eigenvalue weighted by molar-refractivity contribution is 7.89. The zero-order chi connectivity index (χ0) is 20.9. The molecule has 1 aromatic carbocycles. The molecule has 2 N–H and O–H groups in total. The van der Waals surface area contributed by atoms with Crippen molar-refractivity contribution in [3.05, 3.63) is 46.2 Å². The van der Waals surface area contributed by atoms with E-state index in [1.807, 2.05) is 5.38 Å². The maximum Gasteiger partial charge on any atom is 0.252 e. The number of rotatable bonds is 7. The van der Waals surface area contributed by atoms with Crippen LogP contribution in [0.25, 0.3) is 0 Å². The second-order valence-corrected chi connectivity index (χ2v) is 9.28. The molecule has 2 aromatic rings. The maximum atomic E-state index is 12.8. The molecule has 0 unspecified atom stereocenters. The Bertz CT molecular complexity index is 968. The van der Waals surface area contributed by atoms with E-state index in [0.29, 0.717) is 37.6 Å². The lowest BCUT2D eigenvalue weighted by Crippen LogP contribution is -2.40. The number of carbonyl (C=O) groups excluding carboxylic acids is 2. The average molecular weight is 438 g/mol. The summed E-state index contributed by atoms with van der Waals surface area (Å²) in [7, 11) is -3.64. The topological polar surface area (TPSA) is 105 Å². The minimum absolute atomic E-state index is 0.0791. The fourth-order valence-corrected chi connectivity index (χ4v) is 4.90. The van der Waals surface area contributed by atoms with E-state index in [1.165, 1.54) is 27.8 Å². The van der Waals surface area contributed by atoms with Crippen molar-refractivity contribution in [2.45, 2.75) is 18.2 Å². The van der Waals surface area contributed by atoms with Crippen LogP contribution in [0, 0.1) is 6.92 Å². The third-order valence-corrected chi connectivity index (χ3v) is 7.09. The zero-order valence-electron chi connectivity index (χ0n) is 16.0. The number of anilines is 1. The lowest BCUT2D eigenvalue weighted by Gasteiger charge is -2.26. The standard InChI is InChI=1S/C19H23N3O5S2/c1-14-2-3-16(29(25,26)22-7-9-27-10-8-22)12-17(14)21-18(23)4-6-20-19(24)15-5-11-28-13-15/h2-3,5,11-13H,4,6-10H2,1H3,(H,20,24)(H,21,23). The summed E-state index contributed by atoms with van der Waals surface area (Å²) in [5.41, 5.74) is 1.75. The number of hydrogen-bond donors (Lipinski definition) is 2. The Morgan fingerprint density at radius 2 is 1.97 bits per heavy atom. The fourth-order valence-electron chi connectivity index (χ4n) is 2.83. The Hall–Kier alpha value is -2.27. The van der Waals surface area contributed by atoms with Crippen LogP contribution in [0.2, 0.25) is 0 Å². The molecular formula is C19H23N3O5S2. The molecule has 0 saturated carbocycles. The average Bonchev–Trinajstić information content (AvgIpc) is 3.25. The van der Waals surface area contributed by atoms with E-state index in [9.17, 15) is 18.0 Å². The molecule has 0 spiro atoms. The van der Waals surface area contributed by atoms with Crippen LogP contribution in [0.4, 0.5) is 5.69 Å². The van der Waals surface area contributed by atoms with Gasteiger partial charge in [0.1, 0.15) is 0 Å². The second-order valence-electron chi connectivity index (χ2n) is 6.56. The van der Waals surface area contributed by atoms with Crippen LogP contribution in [0.3, 0.4) is 0 Å². The van der Waals surface area contributed by atoms with Crippen molar-refractivity contribution in [1.29, 1.82) is 0 Å². The molecule has 2 heterocycles. The molecule has 29 heavy (non-hydrogen) atoms. The molecule has 0 atom stereocenters. The summed E-state index contributed by atoms with van der Waals surface area (Å²) in [4.78, 5) is 24.3. The Labute approximate surface area is 173 Å². The first-order valence-electron chi connectivity index (χ1n) is 9.17. The summed E-state index contributed by atoms with van der Waals surface area (Å²) in [6.45, 7) is 3.32. The van der Waals surface area contributed by atoms with E-state index in [4.69, 9.17) is 4.74 Å². The van der Waals surface area contributed by atoms with Gasteiger partial charge in [0.2, 0.25) is 15.9 Å². The van der Waals surface area contributed by atoms with Crippen molar-refractivity contribution in [2.24, 2.45) is 0 Å². The van der Waals surface area contributed by atoms with Gasteiger partial charge in [-0.2, -0.15) is 15.6 Å². The molecular weight excluding hydrogens is 414 g/mol. The van der Waals surface area contributed by atoms with Crippen LogP contribution in [-0.4, -0.2) is 57.4 Å². The molecule has 0 radical (unpaired) electrons.